The molecule has 2 aromatic carbocycles. The lowest BCUT2D eigenvalue weighted by Crippen LogP contribution is -2.27. The van der Waals surface area contributed by atoms with E-state index in [4.69, 9.17) is 4.42 Å². The normalized spacial score (nSPS) is 10.3. The number of carbonyl (C=O) groups excluding carboxylic acids is 2. The quantitative estimate of drug-likeness (QED) is 0.708. The lowest BCUT2D eigenvalue weighted by molar-refractivity contribution is 0.0939. The predicted molar refractivity (Wildman–Crippen MR) is 91.1 cm³/mol. The molecule has 0 unspecified atom stereocenters. The summed E-state index contributed by atoms with van der Waals surface area (Å²) in [6.07, 6.45) is 2.18. The number of benzene rings is 2. The van der Waals surface area contributed by atoms with Crippen LogP contribution in [0.4, 0.5) is 0 Å². The average Bonchev–Trinajstić information content (AvgIpc) is 3.16. The van der Waals surface area contributed by atoms with Crippen molar-refractivity contribution >= 4 is 11.7 Å². The molecule has 0 atom stereocenters. The van der Waals surface area contributed by atoms with Gasteiger partial charge in [-0.25, -0.2) is 0 Å². The molecule has 3 rings (SSSR count). The highest BCUT2D eigenvalue weighted by molar-refractivity contribution is 6.14. The van der Waals surface area contributed by atoms with Crippen LogP contribution >= 0.6 is 0 Å². The van der Waals surface area contributed by atoms with E-state index >= 15 is 0 Å². The van der Waals surface area contributed by atoms with Crippen molar-refractivity contribution in [2.24, 2.45) is 0 Å². The standard InChI is InChI=1S/C20H17NO3/c22-19(18-11-6-14-24-18)16-9-4-5-10-17(16)20(23)21-13-12-15-7-2-1-3-8-15/h1-11,14H,12-13H2,(H,21,23). The molecule has 0 saturated carbocycles. The number of nitrogens with one attached hydrogen (secondary N) is 1. The van der Waals surface area contributed by atoms with Gasteiger partial charge in [0.25, 0.3) is 5.91 Å². The number of amides is 1. The van der Waals surface area contributed by atoms with Crippen LogP contribution in [0.2, 0.25) is 0 Å². The zero-order valence-electron chi connectivity index (χ0n) is 13.1. The first kappa shape index (κ1) is 15.7. The molecule has 1 heterocycles. The Morgan fingerprint density at radius 3 is 2.25 bits per heavy atom. The zero-order chi connectivity index (χ0) is 16.8. The van der Waals surface area contributed by atoms with E-state index in [1.54, 1.807) is 36.4 Å². The van der Waals surface area contributed by atoms with Gasteiger partial charge in [-0.05, 0) is 30.2 Å². The summed E-state index contributed by atoms with van der Waals surface area (Å²) in [5, 5.41) is 2.87. The first-order valence-electron chi connectivity index (χ1n) is 7.75. The van der Waals surface area contributed by atoms with Crippen LogP contribution in [-0.2, 0) is 6.42 Å². The molecule has 4 heteroatoms. The number of furan rings is 1. The van der Waals surface area contributed by atoms with Crippen molar-refractivity contribution < 1.29 is 14.0 Å². The minimum Gasteiger partial charge on any atom is -0.461 e. The smallest absolute Gasteiger partial charge is 0.252 e. The van der Waals surface area contributed by atoms with Gasteiger partial charge >= 0.3 is 0 Å². The molecule has 0 saturated heterocycles. The highest BCUT2D eigenvalue weighted by Gasteiger charge is 2.19. The number of rotatable bonds is 6. The van der Waals surface area contributed by atoms with Gasteiger partial charge in [0.1, 0.15) is 0 Å². The second-order valence-electron chi connectivity index (χ2n) is 5.34. The Balaban J connectivity index is 1.70. The minimum absolute atomic E-state index is 0.222. The molecule has 3 aromatic rings. The van der Waals surface area contributed by atoms with Crippen LogP contribution in [0.1, 0.15) is 32.0 Å². The Hall–Kier alpha value is -3.14. The van der Waals surface area contributed by atoms with Gasteiger partial charge in [0, 0.05) is 12.1 Å². The number of carbonyl (C=O) groups is 2. The maximum atomic E-state index is 12.5. The largest absolute Gasteiger partial charge is 0.461 e. The minimum atomic E-state index is -0.297. The Morgan fingerprint density at radius 2 is 1.54 bits per heavy atom. The maximum absolute atomic E-state index is 12.5. The van der Waals surface area contributed by atoms with Crippen molar-refractivity contribution in [2.45, 2.75) is 6.42 Å². The molecule has 24 heavy (non-hydrogen) atoms. The lowest BCUT2D eigenvalue weighted by Gasteiger charge is -2.09. The van der Waals surface area contributed by atoms with Gasteiger partial charge < -0.3 is 9.73 Å². The van der Waals surface area contributed by atoms with E-state index in [0.717, 1.165) is 12.0 Å². The second kappa shape index (κ2) is 7.42. The van der Waals surface area contributed by atoms with Crippen molar-refractivity contribution in [3.63, 3.8) is 0 Å². The number of hydrogen-bond acceptors (Lipinski definition) is 3. The number of ketones is 1. The van der Waals surface area contributed by atoms with Crippen molar-refractivity contribution in [1.82, 2.24) is 5.32 Å². The van der Waals surface area contributed by atoms with Crippen molar-refractivity contribution in [3.05, 3.63) is 95.4 Å². The van der Waals surface area contributed by atoms with Gasteiger partial charge in [0.15, 0.2) is 5.76 Å². The predicted octanol–water partition coefficient (Wildman–Crippen LogP) is 3.48. The van der Waals surface area contributed by atoms with Gasteiger partial charge in [0.05, 0.1) is 11.8 Å². The molecule has 0 aliphatic heterocycles. The molecule has 0 bridgehead atoms. The Kier molecular flexibility index (Phi) is 4.87. The van der Waals surface area contributed by atoms with Gasteiger partial charge in [-0.2, -0.15) is 0 Å². The van der Waals surface area contributed by atoms with Crippen LogP contribution < -0.4 is 5.32 Å². The molecule has 0 radical (unpaired) electrons. The maximum Gasteiger partial charge on any atom is 0.252 e. The number of hydrogen-bond donors (Lipinski definition) is 1. The highest BCUT2D eigenvalue weighted by atomic mass is 16.3. The van der Waals surface area contributed by atoms with Gasteiger partial charge in [0.2, 0.25) is 5.78 Å². The summed E-state index contributed by atoms with van der Waals surface area (Å²) >= 11 is 0. The molecule has 0 aliphatic carbocycles. The van der Waals surface area contributed by atoms with E-state index in [2.05, 4.69) is 5.32 Å². The SMILES string of the molecule is O=C(NCCc1ccccc1)c1ccccc1C(=O)c1ccco1. The molecule has 0 spiro atoms. The fourth-order valence-corrected chi connectivity index (χ4v) is 2.48. The highest BCUT2D eigenvalue weighted by Crippen LogP contribution is 2.15. The van der Waals surface area contributed by atoms with Crippen LogP contribution in [0, 0.1) is 0 Å². The van der Waals surface area contributed by atoms with Crippen LogP contribution in [0.25, 0.3) is 0 Å². The van der Waals surface area contributed by atoms with Crippen LogP contribution in [-0.4, -0.2) is 18.2 Å². The van der Waals surface area contributed by atoms with Crippen LogP contribution in [0.3, 0.4) is 0 Å². The summed E-state index contributed by atoms with van der Waals surface area (Å²) < 4.78 is 5.14. The molecular weight excluding hydrogens is 302 g/mol. The van der Waals surface area contributed by atoms with E-state index in [1.165, 1.54) is 6.26 Å². The summed E-state index contributed by atoms with van der Waals surface area (Å²) in [6.45, 7) is 0.506. The molecule has 1 aromatic heterocycles. The fraction of sp³-hybridized carbons (Fsp3) is 0.100. The van der Waals surface area contributed by atoms with E-state index in [9.17, 15) is 9.59 Å². The zero-order valence-corrected chi connectivity index (χ0v) is 13.1. The van der Waals surface area contributed by atoms with Crippen molar-refractivity contribution in [1.29, 1.82) is 0 Å². The van der Waals surface area contributed by atoms with E-state index in [0.29, 0.717) is 17.7 Å². The molecular formula is C20H17NO3. The first-order valence-corrected chi connectivity index (χ1v) is 7.75. The molecule has 1 N–H and O–H groups in total. The summed E-state index contributed by atoms with van der Waals surface area (Å²) in [7, 11) is 0. The monoisotopic (exact) mass is 319 g/mol. The van der Waals surface area contributed by atoms with E-state index in [1.807, 2.05) is 30.3 Å². The molecule has 120 valence electrons. The first-order chi connectivity index (χ1) is 11.8. The summed E-state index contributed by atoms with van der Waals surface area (Å²) in [5.74, 6) is -0.338. The summed E-state index contributed by atoms with van der Waals surface area (Å²) in [6, 6.07) is 19.9. The van der Waals surface area contributed by atoms with Crippen LogP contribution in [0.5, 0.6) is 0 Å². The Morgan fingerprint density at radius 1 is 0.833 bits per heavy atom. The fourth-order valence-electron chi connectivity index (χ4n) is 2.48. The third kappa shape index (κ3) is 3.60. The van der Waals surface area contributed by atoms with E-state index in [-0.39, 0.29) is 17.5 Å². The summed E-state index contributed by atoms with van der Waals surface area (Å²) in [4.78, 5) is 24.9. The van der Waals surface area contributed by atoms with Crippen molar-refractivity contribution in [2.75, 3.05) is 6.54 Å². The van der Waals surface area contributed by atoms with Gasteiger partial charge in [-0.1, -0.05) is 48.5 Å². The molecule has 1 amide bonds. The van der Waals surface area contributed by atoms with Gasteiger partial charge in [-0.15, -0.1) is 0 Å². The topological polar surface area (TPSA) is 59.3 Å². The lowest BCUT2D eigenvalue weighted by atomic mass is 10.0. The van der Waals surface area contributed by atoms with E-state index < -0.39 is 0 Å². The second-order valence-corrected chi connectivity index (χ2v) is 5.34. The average molecular weight is 319 g/mol. The van der Waals surface area contributed by atoms with Crippen molar-refractivity contribution in [3.8, 4) is 0 Å². The third-order valence-corrected chi connectivity index (χ3v) is 3.70. The molecule has 0 fully saturated rings. The Labute approximate surface area is 140 Å². The van der Waals surface area contributed by atoms with Gasteiger partial charge in [-0.3, -0.25) is 9.59 Å². The molecule has 0 aliphatic rings. The third-order valence-electron chi connectivity index (χ3n) is 3.70. The summed E-state index contributed by atoms with van der Waals surface area (Å²) in [5.41, 5.74) is 1.84. The molecule has 4 nitrogen and oxygen atoms in total. The van der Waals surface area contributed by atoms with Crippen LogP contribution in [0.15, 0.2) is 77.4 Å². The Bertz CT molecular complexity index is 823.